The third kappa shape index (κ3) is 32.2. The maximum absolute atomic E-state index is 14.6. The standard InChI is InChI=1S/C65H98N12O31/c1-29(2-13-47(90)68-23-41(84)53(97)56(100)44(87)26-78)18-39(82)36(11-16-50(93)94)73-62(105)32(6-15-49(92)70-25-43(86)55(99)58(102)46(89)28-80)20-40(83)37(12-17-51(95)96)74-61(104)31(5-14-48(91)69-24-42(85)54(98)57(101)45(88)27-79)19-35(81)9-10-38(64(107)108)75-60(103)30-3-7-33(8-4-30)67-21-34-22-71-59-52(72-34)63(106)77-65(66)76-59/h3-4,7-8,22,29,31-32,36-38,41-46,53-58,67,78-80,84-89,97-102H,2,5-6,9-21,23-28H2,1H3,(H,68,90)(H,69,91)(H,70,92)(H,73,105)(H,74,104)(H,75,103)(H,93,94)(H,95,96)(H,107,108)(H3,66,71,76,77,106)/t29-,31-,32-,36+,37+,38+,41+,42+,43+,44-,45-,46-,53-,54-,55-,56-,57-,58-/m1/s1. The van der Waals surface area contributed by atoms with E-state index >= 15 is 0 Å². The number of Topliss-reactive ketones (excluding diaryl/α,β-unsaturated/α-hetero) is 3. The fourth-order valence-electron chi connectivity index (χ4n) is 10.5. The number of H-pyrrole nitrogens is 1. The van der Waals surface area contributed by atoms with Crippen LogP contribution in [-0.2, 0) is 59.3 Å². The number of carboxylic acid groups (broad SMARTS) is 3. The van der Waals surface area contributed by atoms with E-state index in [0.717, 1.165) is 0 Å². The molecule has 0 bridgehead atoms. The first-order valence-corrected chi connectivity index (χ1v) is 34.1. The molecule has 0 aliphatic rings. The van der Waals surface area contributed by atoms with E-state index in [4.69, 9.17) is 21.1 Å². The van der Waals surface area contributed by atoms with E-state index in [2.05, 4.69) is 57.2 Å². The molecule has 2 heterocycles. The van der Waals surface area contributed by atoms with Gasteiger partial charge in [0.05, 0.1) is 68.7 Å². The van der Waals surface area contributed by atoms with Gasteiger partial charge in [0.2, 0.25) is 35.5 Å². The lowest BCUT2D eigenvalue weighted by Crippen LogP contribution is -2.50. The van der Waals surface area contributed by atoms with Crippen LogP contribution in [-0.4, -0.2) is 313 Å². The Balaban J connectivity index is 1.95. The molecule has 604 valence electrons. The van der Waals surface area contributed by atoms with E-state index in [-0.39, 0.29) is 42.1 Å². The van der Waals surface area contributed by atoms with Gasteiger partial charge in [-0.15, -0.1) is 0 Å². The molecule has 0 saturated heterocycles. The molecule has 3 aromatic rings. The van der Waals surface area contributed by atoms with Crippen LogP contribution < -0.4 is 48.5 Å². The molecule has 108 heavy (non-hydrogen) atoms. The predicted octanol–water partition coefficient (Wildman–Crippen LogP) is -9.69. The van der Waals surface area contributed by atoms with Crippen molar-refractivity contribution in [1.29, 1.82) is 0 Å². The number of anilines is 2. The van der Waals surface area contributed by atoms with Crippen LogP contribution in [0, 0.1) is 17.8 Å². The lowest BCUT2D eigenvalue weighted by Gasteiger charge is -2.26. The number of benzene rings is 1. The topological polar surface area (TPSA) is 751 Å². The van der Waals surface area contributed by atoms with Crippen molar-refractivity contribution in [2.45, 2.75) is 201 Å². The lowest BCUT2D eigenvalue weighted by atomic mass is 9.89. The normalized spacial score (nSPS) is 16.6. The maximum atomic E-state index is 14.6. The molecule has 43 nitrogen and oxygen atoms in total. The Hall–Kier alpha value is -9.32. The van der Waals surface area contributed by atoms with Crippen molar-refractivity contribution < 1.29 is 149 Å². The van der Waals surface area contributed by atoms with Gasteiger partial charge in [-0.25, -0.2) is 14.8 Å². The van der Waals surface area contributed by atoms with Gasteiger partial charge in [0.25, 0.3) is 11.5 Å². The Morgan fingerprint density at radius 3 is 1.31 bits per heavy atom. The predicted molar refractivity (Wildman–Crippen MR) is 367 cm³/mol. The SMILES string of the molecule is C[C@H](CCC(=O)NC[C@H](O)[C@@H](O)[C@H](O)[C@H](O)CO)CC(=O)[C@H](CCC(=O)O)NC(=O)[C@H](CCC(=O)NC[C@H](O)[C@@H](O)[C@H](O)[C@H](O)CO)CC(=O)[C@H](CCC(=O)O)NC(=O)[C@H](CCC(=O)NC[C@H](O)[C@@H](O)[C@H](O)[C@H](O)CO)CC(=O)CC[C@H](NC(=O)c1ccc(NCc2cnc3nc(N)[nH]c(=O)c3n2)cc1)C(=O)O. The number of nitrogens with two attached hydrogens (primary N) is 1. The van der Waals surface area contributed by atoms with E-state index < -0.39 is 308 Å². The number of nitrogens with one attached hydrogen (secondary N) is 8. The molecular formula is C65H98N12O31. The molecule has 0 radical (unpaired) electrons. The summed E-state index contributed by atoms with van der Waals surface area (Å²) in [7, 11) is 0. The highest BCUT2D eigenvalue weighted by Crippen LogP contribution is 2.23. The first kappa shape index (κ1) is 92.9. The number of rotatable bonds is 54. The molecule has 0 unspecified atom stereocenters. The zero-order chi connectivity index (χ0) is 81.2. The highest BCUT2D eigenvalue weighted by atomic mass is 16.4. The lowest BCUT2D eigenvalue weighted by molar-refractivity contribution is -0.140. The van der Waals surface area contributed by atoms with E-state index in [9.17, 15) is 139 Å². The smallest absolute Gasteiger partial charge is 0.326 e. The Bertz CT molecular complexity index is 3540. The van der Waals surface area contributed by atoms with Crippen LogP contribution >= 0.6 is 0 Å². The molecule has 3 rings (SSSR count). The van der Waals surface area contributed by atoms with Gasteiger partial charge in [-0.05, 0) is 68.7 Å². The molecule has 28 N–H and O–H groups in total. The summed E-state index contributed by atoms with van der Waals surface area (Å²) in [6, 6.07) is 0.128. The summed E-state index contributed by atoms with van der Waals surface area (Å²) in [4.78, 5) is 187. The number of carbonyl (C=O) groups excluding carboxylic acids is 9. The van der Waals surface area contributed by atoms with Crippen LogP contribution in [0.5, 0.6) is 0 Å². The third-order valence-electron chi connectivity index (χ3n) is 17.1. The summed E-state index contributed by atoms with van der Waals surface area (Å²) in [5.74, 6) is -18.1. The van der Waals surface area contributed by atoms with Gasteiger partial charge in [0, 0.05) is 101 Å². The fourth-order valence-corrected chi connectivity index (χ4v) is 10.5. The maximum Gasteiger partial charge on any atom is 0.326 e. The van der Waals surface area contributed by atoms with Gasteiger partial charge in [-0.3, -0.25) is 62.5 Å². The van der Waals surface area contributed by atoms with Gasteiger partial charge in [-0.2, -0.15) is 4.98 Å². The molecule has 43 heteroatoms. The van der Waals surface area contributed by atoms with Crippen LogP contribution in [0.4, 0.5) is 11.6 Å². The number of amides is 6. The molecule has 18 atom stereocenters. The van der Waals surface area contributed by atoms with Gasteiger partial charge in [-0.1, -0.05) is 6.92 Å². The molecule has 2 aromatic heterocycles. The van der Waals surface area contributed by atoms with Gasteiger partial charge in [0.15, 0.2) is 22.7 Å². The number of carboxylic acids is 3. The van der Waals surface area contributed by atoms with Crippen molar-refractivity contribution in [3.8, 4) is 0 Å². The van der Waals surface area contributed by atoms with E-state index in [1.807, 2.05) is 0 Å². The van der Waals surface area contributed by atoms with Gasteiger partial charge >= 0.3 is 17.9 Å². The highest BCUT2D eigenvalue weighted by molar-refractivity contribution is 5.98. The quantitative estimate of drug-likeness (QED) is 0.0250. The molecule has 6 amide bonds. The Kier molecular flexibility index (Phi) is 40.2. The number of aromatic amines is 1. The van der Waals surface area contributed by atoms with Crippen LogP contribution in [0.25, 0.3) is 11.2 Å². The second-order valence-corrected chi connectivity index (χ2v) is 25.8. The van der Waals surface area contributed by atoms with E-state index in [0.29, 0.717) is 11.4 Å². The van der Waals surface area contributed by atoms with Gasteiger partial charge < -0.3 is 135 Å². The molecule has 1 aromatic carbocycles. The third-order valence-corrected chi connectivity index (χ3v) is 17.1. The molecule has 0 spiro atoms. The van der Waals surface area contributed by atoms with Crippen molar-refractivity contribution in [1.82, 2.24) is 51.8 Å². The first-order valence-electron chi connectivity index (χ1n) is 34.1. The van der Waals surface area contributed by atoms with Crippen molar-refractivity contribution >= 4 is 93.5 Å². The molecule has 0 fully saturated rings. The summed E-state index contributed by atoms with van der Waals surface area (Å²) in [5.41, 5.74) is 5.53. The Labute approximate surface area is 614 Å². The van der Waals surface area contributed by atoms with E-state index in [1.54, 1.807) is 0 Å². The second kappa shape index (κ2) is 46.8. The monoisotopic (exact) mass is 1540 g/mol. The second-order valence-electron chi connectivity index (χ2n) is 25.8. The number of hydrogen-bond acceptors (Lipinski definition) is 33. The summed E-state index contributed by atoms with van der Waals surface area (Å²) in [5, 5.41) is 194. The van der Waals surface area contributed by atoms with Crippen molar-refractivity contribution in [2.75, 3.05) is 50.5 Å². The van der Waals surface area contributed by atoms with E-state index in [1.165, 1.54) is 37.4 Å². The minimum Gasteiger partial charge on any atom is -0.481 e. The zero-order valence-electron chi connectivity index (χ0n) is 58.6. The van der Waals surface area contributed by atoms with Gasteiger partial charge in [0.1, 0.15) is 66.8 Å². The number of aliphatic hydroxyl groups excluding tert-OH is 15. The number of aliphatic carboxylic acids is 3. The summed E-state index contributed by atoms with van der Waals surface area (Å²) < 4.78 is 0. The average Bonchev–Trinajstić information content (AvgIpc) is 0.811. The summed E-state index contributed by atoms with van der Waals surface area (Å²) in [6.45, 7) is -3.87. The van der Waals surface area contributed by atoms with Crippen molar-refractivity contribution in [3.05, 3.63) is 52.1 Å². The fraction of sp³-hybridized carbons (Fsp3) is 0.631. The zero-order valence-corrected chi connectivity index (χ0v) is 58.6. The van der Waals surface area contributed by atoms with Crippen molar-refractivity contribution in [3.63, 3.8) is 0 Å². The Morgan fingerprint density at radius 1 is 0.481 bits per heavy atom. The number of hydrogen-bond donors (Lipinski definition) is 27. The van der Waals surface area contributed by atoms with Crippen molar-refractivity contribution in [2.24, 2.45) is 17.8 Å². The minimum atomic E-state index is -2.16. The number of fused-ring (bicyclic) bond motifs is 1. The largest absolute Gasteiger partial charge is 0.481 e. The highest BCUT2D eigenvalue weighted by Gasteiger charge is 2.37. The number of aliphatic hydroxyl groups is 15. The number of nitrogens with zero attached hydrogens (tertiary/aromatic N) is 3. The summed E-state index contributed by atoms with van der Waals surface area (Å²) in [6.07, 6.45) is -32.8. The number of carbonyl (C=O) groups is 12. The first-order chi connectivity index (χ1) is 50.8. The van der Waals surface area contributed by atoms with Crippen LogP contribution in [0.2, 0.25) is 0 Å². The minimum absolute atomic E-state index is 0.00326. The molecular weight excluding hydrogens is 1440 g/mol. The summed E-state index contributed by atoms with van der Waals surface area (Å²) >= 11 is 0. The number of aromatic nitrogens is 4. The molecule has 0 saturated carbocycles. The van der Waals surface area contributed by atoms with Crippen LogP contribution in [0.3, 0.4) is 0 Å². The molecule has 0 aliphatic heterocycles. The Morgan fingerprint density at radius 2 is 0.889 bits per heavy atom. The average molecular weight is 1540 g/mol. The number of nitrogen functional groups attached to an aromatic ring is 1. The number of ketones is 3. The van der Waals surface area contributed by atoms with Crippen LogP contribution in [0.1, 0.15) is 119 Å². The van der Waals surface area contributed by atoms with Crippen LogP contribution in [0.15, 0.2) is 35.3 Å². The molecule has 0 aliphatic carbocycles.